The van der Waals surface area contributed by atoms with E-state index in [1.54, 1.807) is 0 Å². The maximum atomic E-state index is 2.43. The van der Waals surface area contributed by atoms with Gasteiger partial charge in [0.15, 0.2) is 0 Å². The fourth-order valence-electron chi connectivity index (χ4n) is 1.92. The van der Waals surface area contributed by atoms with Crippen LogP contribution in [0.4, 0.5) is 0 Å². The molecule has 0 aromatic heterocycles. The quantitative estimate of drug-likeness (QED) is 0.600. The van der Waals surface area contributed by atoms with Crippen LogP contribution in [0, 0.1) is 17.3 Å². The van der Waals surface area contributed by atoms with Crippen molar-refractivity contribution < 1.29 is 0 Å². The molecule has 0 saturated heterocycles. The molecule has 0 bridgehead atoms. The lowest BCUT2D eigenvalue weighted by molar-refractivity contribution is 0.409. The lowest BCUT2D eigenvalue weighted by atomic mass is 9.78. The Morgan fingerprint density at radius 1 is 1.43 bits per heavy atom. The maximum Gasteiger partial charge on any atom is -0.0135 e. The molecule has 0 saturated carbocycles. The summed E-state index contributed by atoms with van der Waals surface area (Å²) in [5.74, 6) is 1.59. The molecule has 1 aliphatic rings. The first-order valence-electron chi connectivity index (χ1n) is 5.84. The first-order valence-corrected chi connectivity index (χ1v) is 5.84. The molecular weight excluding hydrogens is 168 g/mol. The van der Waals surface area contributed by atoms with Gasteiger partial charge in [0.25, 0.3) is 0 Å². The molecule has 2 atom stereocenters. The minimum absolute atomic E-state index is 0.316. The molecule has 0 nitrogen and oxygen atoms in total. The molecule has 0 spiro atoms. The Hall–Kier alpha value is -0.520. The van der Waals surface area contributed by atoms with E-state index < -0.39 is 0 Å². The smallest absolute Gasteiger partial charge is 0.0135 e. The van der Waals surface area contributed by atoms with Crippen LogP contribution in [-0.2, 0) is 0 Å². The minimum Gasteiger partial charge on any atom is -0.0806 e. The van der Waals surface area contributed by atoms with Crippen LogP contribution in [0.25, 0.3) is 0 Å². The van der Waals surface area contributed by atoms with Crippen molar-refractivity contribution in [2.45, 2.75) is 47.5 Å². The third-order valence-corrected chi connectivity index (χ3v) is 3.37. The van der Waals surface area contributed by atoms with Crippen molar-refractivity contribution in [3.05, 3.63) is 23.8 Å². The molecule has 0 aliphatic heterocycles. The standard InChI is InChI=1S/C14H24/c1-6-11(2)12-7-9-13(10-8-12)14(3,4)5/h7,9-12H,6,8H2,1-5H3. The van der Waals surface area contributed by atoms with E-state index >= 15 is 0 Å². The molecule has 0 N–H and O–H groups in total. The molecule has 0 heterocycles. The van der Waals surface area contributed by atoms with Gasteiger partial charge in [-0.25, -0.2) is 0 Å². The highest BCUT2D eigenvalue weighted by atomic mass is 14.3. The van der Waals surface area contributed by atoms with Crippen molar-refractivity contribution in [2.24, 2.45) is 17.3 Å². The van der Waals surface area contributed by atoms with E-state index in [1.807, 2.05) is 0 Å². The van der Waals surface area contributed by atoms with Crippen molar-refractivity contribution in [3.63, 3.8) is 0 Å². The molecule has 0 aromatic rings. The van der Waals surface area contributed by atoms with Crippen LogP contribution in [-0.4, -0.2) is 0 Å². The van der Waals surface area contributed by atoms with Gasteiger partial charge in [-0.05, 0) is 29.2 Å². The number of allylic oxidation sites excluding steroid dienone is 4. The zero-order valence-corrected chi connectivity index (χ0v) is 10.3. The average molecular weight is 192 g/mol. The van der Waals surface area contributed by atoms with E-state index in [-0.39, 0.29) is 0 Å². The van der Waals surface area contributed by atoms with Gasteiger partial charge in [-0.2, -0.15) is 0 Å². The highest BCUT2D eigenvalue weighted by Crippen LogP contribution is 2.33. The van der Waals surface area contributed by atoms with Crippen molar-refractivity contribution >= 4 is 0 Å². The lowest BCUT2D eigenvalue weighted by Gasteiger charge is -2.27. The summed E-state index contributed by atoms with van der Waals surface area (Å²) in [7, 11) is 0. The predicted octanol–water partition coefficient (Wildman–Crippen LogP) is 4.58. The van der Waals surface area contributed by atoms with Crippen LogP contribution in [0.3, 0.4) is 0 Å². The van der Waals surface area contributed by atoms with Crippen molar-refractivity contribution in [1.82, 2.24) is 0 Å². The summed E-state index contributed by atoms with van der Waals surface area (Å²) in [6, 6.07) is 0. The maximum absolute atomic E-state index is 2.43. The molecule has 1 aliphatic carbocycles. The van der Waals surface area contributed by atoms with Crippen LogP contribution in [0.2, 0.25) is 0 Å². The topological polar surface area (TPSA) is 0 Å². The molecule has 2 unspecified atom stereocenters. The van der Waals surface area contributed by atoms with Gasteiger partial charge in [0.2, 0.25) is 0 Å². The van der Waals surface area contributed by atoms with Crippen molar-refractivity contribution in [2.75, 3.05) is 0 Å². The molecule has 0 fully saturated rings. The SMILES string of the molecule is CCC(C)C1C=CC(C(C)(C)C)=CC1. The van der Waals surface area contributed by atoms with Crippen LogP contribution in [0.15, 0.2) is 23.8 Å². The normalized spacial score (nSPS) is 24.6. The van der Waals surface area contributed by atoms with Gasteiger partial charge in [0.1, 0.15) is 0 Å². The number of hydrogen-bond acceptors (Lipinski definition) is 0. The highest BCUT2D eigenvalue weighted by Gasteiger charge is 2.20. The zero-order valence-electron chi connectivity index (χ0n) is 10.3. The summed E-state index contributed by atoms with van der Waals surface area (Å²) in [4.78, 5) is 0. The van der Waals surface area contributed by atoms with E-state index in [4.69, 9.17) is 0 Å². The van der Waals surface area contributed by atoms with Gasteiger partial charge in [-0.3, -0.25) is 0 Å². The second kappa shape index (κ2) is 4.33. The Balaban J connectivity index is 2.62. The van der Waals surface area contributed by atoms with Crippen LogP contribution in [0.1, 0.15) is 47.5 Å². The average Bonchev–Trinajstić information content (AvgIpc) is 2.15. The molecule has 0 amide bonds. The number of hydrogen-bond donors (Lipinski definition) is 0. The molecular formula is C14H24. The van der Waals surface area contributed by atoms with E-state index in [1.165, 1.54) is 18.4 Å². The summed E-state index contributed by atoms with van der Waals surface area (Å²) in [5.41, 5.74) is 1.81. The second-order valence-electron chi connectivity index (χ2n) is 5.55. The summed E-state index contributed by atoms with van der Waals surface area (Å²) in [5, 5.41) is 0. The van der Waals surface area contributed by atoms with Gasteiger partial charge < -0.3 is 0 Å². The van der Waals surface area contributed by atoms with Crippen molar-refractivity contribution in [3.8, 4) is 0 Å². The monoisotopic (exact) mass is 192 g/mol. The van der Waals surface area contributed by atoms with Crippen LogP contribution >= 0.6 is 0 Å². The summed E-state index contributed by atoms with van der Waals surface area (Å²) < 4.78 is 0. The first kappa shape index (κ1) is 11.6. The largest absolute Gasteiger partial charge is 0.0806 e. The Bertz CT molecular complexity index is 237. The van der Waals surface area contributed by atoms with E-state index in [0.717, 1.165) is 11.8 Å². The second-order valence-corrected chi connectivity index (χ2v) is 5.55. The molecule has 14 heavy (non-hydrogen) atoms. The highest BCUT2D eigenvalue weighted by molar-refractivity contribution is 5.28. The predicted molar refractivity (Wildman–Crippen MR) is 64.2 cm³/mol. The molecule has 0 heteroatoms. The third-order valence-electron chi connectivity index (χ3n) is 3.37. The summed E-state index contributed by atoms with van der Waals surface area (Å²) >= 11 is 0. The van der Waals surface area contributed by atoms with Crippen molar-refractivity contribution in [1.29, 1.82) is 0 Å². The Morgan fingerprint density at radius 2 is 2.07 bits per heavy atom. The fourth-order valence-corrected chi connectivity index (χ4v) is 1.92. The van der Waals surface area contributed by atoms with Gasteiger partial charge in [0, 0.05) is 0 Å². The first-order chi connectivity index (χ1) is 6.45. The summed E-state index contributed by atoms with van der Waals surface area (Å²) in [6.45, 7) is 11.5. The van der Waals surface area contributed by atoms with Crippen LogP contribution < -0.4 is 0 Å². The zero-order chi connectivity index (χ0) is 10.8. The third kappa shape index (κ3) is 2.73. The molecule has 1 rings (SSSR count). The summed E-state index contributed by atoms with van der Waals surface area (Å²) in [6.07, 6.45) is 9.69. The minimum atomic E-state index is 0.316. The molecule has 80 valence electrons. The Labute approximate surface area is 89.1 Å². The van der Waals surface area contributed by atoms with E-state index in [9.17, 15) is 0 Å². The van der Waals surface area contributed by atoms with Crippen LogP contribution in [0.5, 0.6) is 0 Å². The Morgan fingerprint density at radius 3 is 2.43 bits per heavy atom. The van der Waals surface area contributed by atoms with E-state index in [0.29, 0.717) is 5.41 Å². The molecule has 0 aromatic carbocycles. The number of rotatable bonds is 2. The van der Waals surface area contributed by atoms with E-state index in [2.05, 4.69) is 52.8 Å². The van der Waals surface area contributed by atoms with Gasteiger partial charge >= 0.3 is 0 Å². The fraction of sp³-hybridized carbons (Fsp3) is 0.714. The molecule has 0 radical (unpaired) electrons. The van der Waals surface area contributed by atoms with Gasteiger partial charge in [0.05, 0.1) is 0 Å². The van der Waals surface area contributed by atoms with Gasteiger partial charge in [-0.1, -0.05) is 59.3 Å². The lowest BCUT2D eigenvalue weighted by Crippen LogP contribution is -2.15. The van der Waals surface area contributed by atoms with Gasteiger partial charge in [-0.15, -0.1) is 0 Å². The Kier molecular flexibility index (Phi) is 3.58.